The number of ether oxygens (including phenoxy) is 1. The van der Waals surface area contributed by atoms with Gasteiger partial charge in [-0.1, -0.05) is 60.7 Å². The molecule has 0 radical (unpaired) electrons. The minimum absolute atomic E-state index is 0.609. The zero-order valence-electron chi connectivity index (χ0n) is 17.0. The number of nitrogens with one attached hydrogen (secondary N) is 1. The van der Waals surface area contributed by atoms with Crippen LogP contribution in [0.2, 0.25) is 0 Å². The molecular weight excluding hydrogens is 346 g/mol. The van der Waals surface area contributed by atoms with E-state index < -0.39 is 0 Å². The van der Waals surface area contributed by atoms with E-state index in [2.05, 4.69) is 75.9 Å². The average Bonchev–Trinajstić information content (AvgIpc) is 3.24. The Morgan fingerprint density at radius 1 is 1.04 bits per heavy atom. The Balaban J connectivity index is 1.27. The van der Waals surface area contributed by atoms with Crippen molar-refractivity contribution in [2.24, 2.45) is 4.99 Å². The topological polar surface area (TPSA) is 36.9 Å². The Morgan fingerprint density at radius 3 is 2.54 bits per heavy atom. The molecule has 1 saturated heterocycles. The number of guanidine groups is 1. The number of hydrogen-bond acceptors (Lipinski definition) is 2. The Morgan fingerprint density at radius 2 is 1.79 bits per heavy atom. The van der Waals surface area contributed by atoms with Gasteiger partial charge in [0.15, 0.2) is 5.96 Å². The zero-order chi connectivity index (χ0) is 19.4. The smallest absolute Gasteiger partial charge is 0.193 e. The van der Waals surface area contributed by atoms with Gasteiger partial charge in [0.05, 0.1) is 6.61 Å². The zero-order valence-corrected chi connectivity index (χ0v) is 17.0. The highest BCUT2D eigenvalue weighted by Gasteiger charge is 2.25. The van der Waals surface area contributed by atoms with Crippen LogP contribution in [0, 0.1) is 0 Å². The van der Waals surface area contributed by atoms with Crippen molar-refractivity contribution < 1.29 is 4.74 Å². The Hall–Kier alpha value is -2.33. The normalized spacial score (nSPS) is 17.1. The molecule has 1 unspecified atom stereocenters. The summed E-state index contributed by atoms with van der Waals surface area (Å²) < 4.78 is 5.77. The lowest BCUT2D eigenvalue weighted by Crippen LogP contribution is -2.40. The van der Waals surface area contributed by atoms with Crippen LogP contribution in [0.1, 0.15) is 36.3 Å². The second kappa shape index (κ2) is 11.5. The van der Waals surface area contributed by atoms with E-state index in [0.29, 0.717) is 5.92 Å². The van der Waals surface area contributed by atoms with Crippen LogP contribution in [0.15, 0.2) is 65.7 Å². The monoisotopic (exact) mass is 379 g/mol. The third-order valence-corrected chi connectivity index (χ3v) is 5.35. The van der Waals surface area contributed by atoms with Crippen molar-refractivity contribution in [3.63, 3.8) is 0 Å². The number of unbranched alkanes of at least 4 members (excludes halogenated alkanes) is 1. The third kappa shape index (κ3) is 6.38. The molecule has 1 N–H and O–H groups in total. The molecule has 0 saturated carbocycles. The summed E-state index contributed by atoms with van der Waals surface area (Å²) in [5.41, 5.74) is 2.78. The van der Waals surface area contributed by atoms with Gasteiger partial charge in [-0.15, -0.1) is 0 Å². The number of aliphatic imine (C=N–C) groups is 1. The number of likely N-dealkylation sites (tertiary alicyclic amines) is 1. The molecule has 150 valence electrons. The number of hydrogen-bond donors (Lipinski definition) is 1. The van der Waals surface area contributed by atoms with E-state index in [1.54, 1.807) is 0 Å². The number of nitrogens with zero attached hydrogens (tertiary/aromatic N) is 2. The van der Waals surface area contributed by atoms with Crippen LogP contribution >= 0.6 is 0 Å². The summed E-state index contributed by atoms with van der Waals surface area (Å²) in [5.74, 6) is 1.64. The van der Waals surface area contributed by atoms with Gasteiger partial charge < -0.3 is 15.0 Å². The second-order valence-corrected chi connectivity index (χ2v) is 7.37. The van der Waals surface area contributed by atoms with Crippen molar-refractivity contribution in [1.82, 2.24) is 10.2 Å². The van der Waals surface area contributed by atoms with Crippen LogP contribution in [-0.2, 0) is 11.2 Å². The predicted molar refractivity (Wildman–Crippen MR) is 117 cm³/mol. The maximum Gasteiger partial charge on any atom is 0.193 e. The molecule has 2 aromatic rings. The highest BCUT2D eigenvalue weighted by molar-refractivity contribution is 5.80. The SMILES string of the molecule is CN=C(NCCCCOCCc1ccccc1)N1CCC(c2ccccc2)C1. The minimum atomic E-state index is 0.609. The molecule has 0 spiro atoms. The minimum Gasteiger partial charge on any atom is -0.381 e. The quantitative estimate of drug-likeness (QED) is 0.405. The summed E-state index contributed by atoms with van der Waals surface area (Å²) in [6, 6.07) is 21.3. The van der Waals surface area contributed by atoms with E-state index >= 15 is 0 Å². The van der Waals surface area contributed by atoms with Gasteiger partial charge in [0.1, 0.15) is 0 Å². The van der Waals surface area contributed by atoms with E-state index in [9.17, 15) is 0 Å². The molecule has 1 aliphatic rings. The summed E-state index contributed by atoms with van der Waals surface area (Å²) in [7, 11) is 1.88. The molecule has 4 heteroatoms. The first-order valence-electron chi connectivity index (χ1n) is 10.5. The molecule has 0 bridgehead atoms. The fraction of sp³-hybridized carbons (Fsp3) is 0.458. The van der Waals surface area contributed by atoms with Crippen molar-refractivity contribution >= 4 is 5.96 Å². The van der Waals surface area contributed by atoms with Crippen molar-refractivity contribution in [2.75, 3.05) is 39.9 Å². The molecule has 1 fully saturated rings. The molecule has 3 rings (SSSR count). The van der Waals surface area contributed by atoms with Gasteiger partial charge in [-0.05, 0) is 36.8 Å². The number of benzene rings is 2. The third-order valence-electron chi connectivity index (χ3n) is 5.35. The van der Waals surface area contributed by atoms with Gasteiger partial charge in [-0.2, -0.15) is 0 Å². The van der Waals surface area contributed by atoms with Crippen LogP contribution in [0.5, 0.6) is 0 Å². The van der Waals surface area contributed by atoms with E-state index in [-0.39, 0.29) is 0 Å². The van der Waals surface area contributed by atoms with Gasteiger partial charge in [0.2, 0.25) is 0 Å². The number of rotatable bonds is 9. The molecule has 1 atom stereocenters. The standard InChI is InChI=1S/C24H33N3O/c1-25-24(27-17-14-23(20-27)22-12-6-3-7-13-22)26-16-8-9-18-28-19-15-21-10-4-2-5-11-21/h2-7,10-13,23H,8-9,14-20H2,1H3,(H,25,26). The van der Waals surface area contributed by atoms with Crippen LogP contribution < -0.4 is 5.32 Å². The fourth-order valence-corrected chi connectivity index (χ4v) is 3.75. The molecule has 0 aromatic heterocycles. The van der Waals surface area contributed by atoms with Crippen LogP contribution in [0.4, 0.5) is 0 Å². The lowest BCUT2D eigenvalue weighted by atomic mass is 9.99. The second-order valence-electron chi connectivity index (χ2n) is 7.37. The van der Waals surface area contributed by atoms with Gasteiger partial charge in [-0.3, -0.25) is 4.99 Å². The summed E-state index contributed by atoms with van der Waals surface area (Å²) in [5, 5.41) is 3.52. The van der Waals surface area contributed by atoms with E-state index in [1.165, 1.54) is 17.5 Å². The Kier molecular flexibility index (Phi) is 8.38. The predicted octanol–water partition coefficient (Wildman–Crippen LogP) is 4.09. The Bertz CT molecular complexity index is 702. The summed E-state index contributed by atoms with van der Waals surface area (Å²) in [6.45, 7) is 4.69. The summed E-state index contributed by atoms with van der Waals surface area (Å²) in [6.07, 6.45) is 4.36. The molecule has 0 aliphatic carbocycles. The van der Waals surface area contributed by atoms with Gasteiger partial charge in [0, 0.05) is 39.2 Å². The fourth-order valence-electron chi connectivity index (χ4n) is 3.75. The average molecular weight is 380 g/mol. The van der Waals surface area contributed by atoms with E-state index in [4.69, 9.17) is 4.74 Å². The van der Waals surface area contributed by atoms with Crippen molar-refractivity contribution in [2.45, 2.75) is 31.6 Å². The maximum atomic E-state index is 5.77. The largest absolute Gasteiger partial charge is 0.381 e. The first-order chi connectivity index (χ1) is 13.9. The molecule has 1 heterocycles. The molecule has 2 aromatic carbocycles. The molecule has 0 amide bonds. The highest BCUT2D eigenvalue weighted by atomic mass is 16.5. The van der Waals surface area contributed by atoms with Crippen LogP contribution in [0.25, 0.3) is 0 Å². The van der Waals surface area contributed by atoms with Crippen molar-refractivity contribution in [3.05, 3.63) is 71.8 Å². The van der Waals surface area contributed by atoms with Gasteiger partial charge in [-0.25, -0.2) is 0 Å². The van der Waals surface area contributed by atoms with Crippen LogP contribution in [0.3, 0.4) is 0 Å². The van der Waals surface area contributed by atoms with Gasteiger partial charge >= 0.3 is 0 Å². The van der Waals surface area contributed by atoms with Crippen molar-refractivity contribution in [3.8, 4) is 0 Å². The molecule has 1 aliphatic heterocycles. The van der Waals surface area contributed by atoms with Crippen LogP contribution in [-0.4, -0.2) is 50.8 Å². The van der Waals surface area contributed by atoms with Gasteiger partial charge in [0.25, 0.3) is 0 Å². The Labute approximate surface area is 169 Å². The van der Waals surface area contributed by atoms with Crippen molar-refractivity contribution in [1.29, 1.82) is 0 Å². The first kappa shape index (κ1) is 20.4. The van der Waals surface area contributed by atoms with E-state index in [1.807, 2.05) is 7.05 Å². The first-order valence-corrected chi connectivity index (χ1v) is 10.5. The van der Waals surface area contributed by atoms with E-state index in [0.717, 1.165) is 58.1 Å². The molecule has 28 heavy (non-hydrogen) atoms. The lowest BCUT2D eigenvalue weighted by molar-refractivity contribution is 0.133. The summed E-state index contributed by atoms with van der Waals surface area (Å²) in [4.78, 5) is 6.86. The maximum absolute atomic E-state index is 5.77. The lowest BCUT2D eigenvalue weighted by Gasteiger charge is -2.21. The highest BCUT2D eigenvalue weighted by Crippen LogP contribution is 2.26. The summed E-state index contributed by atoms with van der Waals surface area (Å²) >= 11 is 0. The molecule has 4 nitrogen and oxygen atoms in total. The molecular formula is C24H33N3O.